The lowest BCUT2D eigenvalue weighted by molar-refractivity contribution is -0.135. The van der Waals surface area contributed by atoms with Gasteiger partial charge in [-0.2, -0.15) is 9.97 Å². The van der Waals surface area contributed by atoms with Crippen LogP contribution in [0.3, 0.4) is 0 Å². The van der Waals surface area contributed by atoms with Crippen LogP contribution in [0.15, 0.2) is 94.0 Å². The van der Waals surface area contributed by atoms with Gasteiger partial charge in [-0.05, 0) is 113 Å². The quantitative estimate of drug-likeness (QED) is 0.0946. The van der Waals surface area contributed by atoms with E-state index in [2.05, 4.69) is 36.2 Å². The van der Waals surface area contributed by atoms with Crippen molar-refractivity contribution < 1.29 is 52.3 Å². The molecule has 0 bridgehead atoms. The molecule has 4 N–H and O–H groups in total. The highest BCUT2D eigenvalue weighted by Crippen LogP contribution is 2.34. The van der Waals surface area contributed by atoms with Gasteiger partial charge >= 0.3 is 5.97 Å². The Morgan fingerprint density at radius 3 is 1.45 bits per heavy atom. The Morgan fingerprint density at radius 2 is 1.03 bits per heavy atom. The molecule has 0 spiro atoms. The lowest BCUT2D eigenvalue weighted by Gasteiger charge is -2.30. The molecule has 19 heteroatoms. The maximum Gasteiger partial charge on any atom is 0.322 e. The second kappa shape index (κ2) is 24.8. The Labute approximate surface area is 399 Å². The van der Waals surface area contributed by atoms with Gasteiger partial charge in [0.25, 0.3) is 11.8 Å². The maximum absolute atomic E-state index is 12.6. The van der Waals surface area contributed by atoms with Crippen LogP contribution in [-0.4, -0.2) is 122 Å². The maximum atomic E-state index is 12.6. The molecule has 3 amide bonds. The first-order chi connectivity index (χ1) is 33.4. The van der Waals surface area contributed by atoms with E-state index in [1.54, 1.807) is 81.9 Å². The number of piperidine rings is 2. The molecule has 2 saturated heterocycles. The minimum Gasteiger partial charge on any atom is -0.493 e. The highest BCUT2D eigenvalue weighted by molar-refractivity contribution is 5.96. The van der Waals surface area contributed by atoms with E-state index in [9.17, 15) is 19.2 Å². The SMILES string of the molecule is COc1ccc(-c2noc(C3CCN(C(=O)CNC(=O)c4ccc(C)cc4)CC3)n2)cc1OC.COc1ccc(-c2noc(C3CCNCC3)n2)cc1OC.Cc1ccc(C(=O)NCC(=O)O)cc1. The zero-order valence-corrected chi connectivity index (χ0v) is 39.6. The highest BCUT2D eigenvalue weighted by atomic mass is 16.5. The third kappa shape index (κ3) is 14.1. The number of benzene rings is 4. The van der Waals surface area contributed by atoms with Crippen molar-refractivity contribution in [3.05, 3.63) is 119 Å². The summed E-state index contributed by atoms with van der Waals surface area (Å²) in [5.74, 6) is 3.56. The van der Waals surface area contributed by atoms with Crippen LogP contribution in [0.1, 0.15) is 81.1 Å². The number of carbonyl (C=O) groups excluding carboxylic acids is 3. The van der Waals surface area contributed by atoms with E-state index in [0.717, 1.165) is 54.1 Å². The summed E-state index contributed by atoms with van der Waals surface area (Å²) in [5, 5.41) is 24.9. The molecule has 4 aromatic carbocycles. The molecule has 8 rings (SSSR count). The number of ether oxygens (including phenoxy) is 4. The van der Waals surface area contributed by atoms with Gasteiger partial charge in [0.05, 0.1) is 35.0 Å². The summed E-state index contributed by atoms with van der Waals surface area (Å²) in [7, 11) is 6.38. The summed E-state index contributed by atoms with van der Waals surface area (Å²) in [5.41, 5.74) is 4.77. The number of nitrogens with zero attached hydrogens (tertiary/aromatic N) is 5. The molecular formula is C50H58N8O11. The van der Waals surface area contributed by atoms with E-state index >= 15 is 0 Å². The molecule has 0 unspecified atom stereocenters. The molecule has 2 aliphatic rings. The van der Waals surface area contributed by atoms with Crippen molar-refractivity contribution in [2.45, 2.75) is 51.4 Å². The average Bonchev–Trinajstić information content (AvgIpc) is 4.10. The number of carboxylic acid groups (broad SMARTS) is 1. The fourth-order valence-electron chi connectivity index (χ4n) is 7.47. The van der Waals surface area contributed by atoms with Crippen LogP contribution >= 0.6 is 0 Å². The van der Waals surface area contributed by atoms with Crippen LogP contribution in [0, 0.1) is 13.8 Å². The molecule has 0 aliphatic carbocycles. The van der Waals surface area contributed by atoms with Crippen molar-refractivity contribution in [2.24, 2.45) is 0 Å². The number of carbonyl (C=O) groups is 4. The first-order valence-corrected chi connectivity index (χ1v) is 22.4. The second-order valence-electron chi connectivity index (χ2n) is 16.2. The van der Waals surface area contributed by atoms with Crippen LogP contribution < -0.4 is 34.9 Å². The zero-order valence-electron chi connectivity index (χ0n) is 39.6. The van der Waals surface area contributed by atoms with Gasteiger partial charge in [0.15, 0.2) is 23.0 Å². The number of hydrogen-bond donors (Lipinski definition) is 4. The molecule has 0 atom stereocenters. The fourth-order valence-corrected chi connectivity index (χ4v) is 7.47. The number of aromatic nitrogens is 4. The summed E-state index contributed by atoms with van der Waals surface area (Å²) in [6.07, 6.45) is 3.50. The predicted octanol–water partition coefficient (Wildman–Crippen LogP) is 6.23. The minimum absolute atomic E-state index is 0.0264. The van der Waals surface area contributed by atoms with Gasteiger partial charge in [-0.15, -0.1) is 0 Å². The molecular weight excluding hydrogens is 889 g/mol. The van der Waals surface area contributed by atoms with Gasteiger partial charge in [0.1, 0.15) is 6.54 Å². The molecule has 0 radical (unpaired) electrons. The van der Waals surface area contributed by atoms with Crippen molar-refractivity contribution in [3.8, 4) is 45.8 Å². The number of rotatable bonds is 14. The lowest BCUT2D eigenvalue weighted by Crippen LogP contribution is -2.43. The molecule has 69 heavy (non-hydrogen) atoms. The van der Waals surface area contributed by atoms with Crippen LogP contribution in [0.4, 0.5) is 0 Å². The average molecular weight is 947 g/mol. The number of likely N-dealkylation sites (tertiary alicyclic amines) is 1. The number of methoxy groups -OCH3 is 4. The number of amides is 3. The van der Waals surface area contributed by atoms with E-state index in [1.165, 1.54) is 0 Å². The largest absolute Gasteiger partial charge is 0.493 e. The summed E-state index contributed by atoms with van der Waals surface area (Å²) in [4.78, 5) is 57.1. The van der Waals surface area contributed by atoms with Gasteiger partial charge in [-0.3, -0.25) is 19.2 Å². The van der Waals surface area contributed by atoms with Crippen molar-refractivity contribution in [1.29, 1.82) is 0 Å². The van der Waals surface area contributed by atoms with Gasteiger partial charge < -0.3 is 54.0 Å². The lowest BCUT2D eigenvalue weighted by atomic mass is 9.96. The van der Waals surface area contributed by atoms with Gasteiger partial charge in [-0.25, -0.2) is 0 Å². The zero-order chi connectivity index (χ0) is 49.3. The van der Waals surface area contributed by atoms with Crippen molar-refractivity contribution in [2.75, 3.05) is 67.7 Å². The van der Waals surface area contributed by atoms with Crippen molar-refractivity contribution in [1.82, 2.24) is 41.1 Å². The highest BCUT2D eigenvalue weighted by Gasteiger charge is 2.28. The number of aliphatic carboxylic acids is 1. The molecule has 2 fully saturated rings. The Balaban J connectivity index is 0.000000189. The molecule has 4 heterocycles. The third-order valence-electron chi connectivity index (χ3n) is 11.5. The predicted molar refractivity (Wildman–Crippen MR) is 254 cm³/mol. The number of carboxylic acids is 1. The Hall–Kier alpha value is -7.80. The molecule has 2 aromatic heterocycles. The van der Waals surface area contributed by atoms with Gasteiger partial charge in [-0.1, -0.05) is 45.7 Å². The Kier molecular flexibility index (Phi) is 18.2. The number of aryl methyl sites for hydroxylation is 2. The molecule has 19 nitrogen and oxygen atoms in total. The molecule has 6 aromatic rings. The topological polar surface area (TPSA) is 243 Å². The monoisotopic (exact) mass is 946 g/mol. The summed E-state index contributed by atoms with van der Waals surface area (Å²) >= 11 is 0. The standard InChI is InChI=1S/C25H28N4O5.C15H19N3O3.C10H11NO3/c1-16-4-6-17(7-5-16)24(31)26-15-22(30)29-12-10-18(11-13-29)25-27-23(28-34-25)19-8-9-20(32-2)21(14-19)33-3;1-19-12-4-3-11(9-13(12)20-2)14-17-15(21-18-14)10-5-7-16-8-6-10;1-7-2-4-8(5-3-7)10(14)11-6-9(12)13/h4-9,14,18H,10-13,15H2,1-3H3,(H,26,31);3-4,9-10,16H,5-8H2,1-2H3;2-5H,6H2,1H3,(H,11,14)(H,12,13). The van der Waals surface area contributed by atoms with E-state index in [1.807, 2.05) is 50.2 Å². The first-order valence-electron chi connectivity index (χ1n) is 22.4. The third-order valence-corrected chi connectivity index (χ3v) is 11.5. The van der Waals surface area contributed by atoms with Crippen molar-refractivity contribution >= 4 is 23.7 Å². The number of nitrogens with one attached hydrogen (secondary N) is 3. The molecule has 0 saturated carbocycles. The van der Waals surface area contributed by atoms with E-state index < -0.39 is 5.97 Å². The summed E-state index contributed by atoms with van der Waals surface area (Å²) < 4.78 is 32.1. The summed E-state index contributed by atoms with van der Waals surface area (Å²) in [6, 6.07) is 25.2. The Morgan fingerprint density at radius 1 is 0.609 bits per heavy atom. The second-order valence-corrected chi connectivity index (χ2v) is 16.2. The fraction of sp³-hybridized carbons (Fsp3) is 0.360. The smallest absolute Gasteiger partial charge is 0.322 e. The van der Waals surface area contributed by atoms with Crippen LogP contribution in [0.25, 0.3) is 22.8 Å². The number of hydrogen-bond acceptors (Lipinski definition) is 15. The molecule has 2 aliphatic heterocycles. The van der Waals surface area contributed by atoms with Crippen LogP contribution in [0.5, 0.6) is 23.0 Å². The Bertz CT molecular complexity index is 2640. The van der Waals surface area contributed by atoms with Gasteiger partial charge in [0.2, 0.25) is 29.3 Å². The van der Waals surface area contributed by atoms with E-state index in [0.29, 0.717) is 83.5 Å². The van der Waals surface area contributed by atoms with E-state index in [4.69, 9.17) is 33.1 Å². The van der Waals surface area contributed by atoms with E-state index in [-0.39, 0.29) is 36.7 Å². The normalized spacial score (nSPS) is 13.7. The van der Waals surface area contributed by atoms with Crippen LogP contribution in [0.2, 0.25) is 0 Å². The molecule has 364 valence electrons. The van der Waals surface area contributed by atoms with Crippen molar-refractivity contribution in [3.63, 3.8) is 0 Å². The van der Waals surface area contributed by atoms with Gasteiger partial charge in [0, 0.05) is 47.2 Å². The van der Waals surface area contributed by atoms with Crippen LogP contribution in [-0.2, 0) is 9.59 Å². The summed E-state index contributed by atoms with van der Waals surface area (Å²) in [6.45, 7) is 6.63. The minimum atomic E-state index is -1.05. The first kappa shape index (κ1) is 50.6.